The van der Waals surface area contributed by atoms with Gasteiger partial charge in [-0.25, -0.2) is 0 Å². The quantitative estimate of drug-likeness (QED) is 0.507. The average Bonchev–Trinajstić information content (AvgIpc) is 3.18. The van der Waals surface area contributed by atoms with Crippen LogP contribution in [0.2, 0.25) is 0 Å². The lowest BCUT2D eigenvalue weighted by atomic mass is 10.1. The molecule has 0 atom stereocenters. The molecule has 0 saturated carbocycles. The third kappa shape index (κ3) is 3.36. The first-order chi connectivity index (χ1) is 12.2. The van der Waals surface area contributed by atoms with Gasteiger partial charge in [0, 0.05) is 33.3 Å². The molecule has 0 saturated heterocycles. The Morgan fingerprint density at radius 2 is 1.52 bits per heavy atom. The molecular weight excluding hydrogens is 322 g/mol. The highest BCUT2D eigenvalue weighted by atomic mass is 32.1. The minimum absolute atomic E-state index is 1.19. The van der Waals surface area contributed by atoms with Crippen molar-refractivity contribution in [3.05, 3.63) is 46.3 Å². The molecular formula is C23H31NS. The summed E-state index contributed by atoms with van der Waals surface area (Å²) in [6, 6.07) is 4.44. The van der Waals surface area contributed by atoms with Crippen molar-refractivity contribution in [1.29, 1.82) is 0 Å². The molecule has 2 heteroatoms. The Kier molecular flexibility index (Phi) is 7.92. The van der Waals surface area contributed by atoms with Crippen molar-refractivity contribution in [2.45, 2.75) is 41.5 Å². The van der Waals surface area contributed by atoms with Gasteiger partial charge in [0.25, 0.3) is 0 Å². The van der Waals surface area contributed by atoms with Crippen LogP contribution in [-0.4, -0.2) is 4.57 Å². The fourth-order valence-corrected chi connectivity index (χ4v) is 4.43. The zero-order chi connectivity index (χ0) is 19.1. The second-order valence-electron chi connectivity index (χ2n) is 5.06. The molecule has 0 radical (unpaired) electrons. The van der Waals surface area contributed by atoms with Crippen LogP contribution in [0.5, 0.6) is 0 Å². The van der Waals surface area contributed by atoms with E-state index in [1.165, 1.54) is 42.0 Å². The minimum Gasteiger partial charge on any atom is -0.343 e. The summed E-state index contributed by atoms with van der Waals surface area (Å²) in [6.07, 6.45) is 8.23. The SMILES string of the molecule is C=Cc1sc2c(ccc3c(=C/C)/c(=C\C)n(C)c32)c1C=C.CC.CC. The van der Waals surface area contributed by atoms with Crippen molar-refractivity contribution in [2.24, 2.45) is 7.05 Å². The number of aryl methyl sites for hydroxylation is 1. The summed E-state index contributed by atoms with van der Waals surface area (Å²) in [4.78, 5) is 1.19. The standard InChI is InChI=1S/C19H19NS.2C2H6/c1-6-12-14-10-11-15-13(7-2)17(9-4)21-19(15)18(14)20(5)16(12)8-3;2*1-2/h6-11H,2,4H2,1,3,5H3;2*1-2H3/b12-6-,16-8+;;. The maximum atomic E-state index is 3.96. The number of nitrogens with zero attached hydrogens (tertiary/aromatic N) is 1. The second-order valence-corrected chi connectivity index (χ2v) is 6.11. The normalized spacial score (nSPS) is 11.8. The van der Waals surface area contributed by atoms with Crippen molar-refractivity contribution >= 4 is 56.6 Å². The molecule has 2 aromatic heterocycles. The first-order valence-corrected chi connectivity index (χ1v) is 9.91. The molecule has 0 aliphatic carbocycles. The van der Waals surface area contributed by atoms with Gasteiger partial charge in [0.2, 0.25) is 0 Å². The monoisotopic (exact) mass is 353 g/mol. The van der Waals surface area contributed by atoms with Gasteiger partial charge in [-0.15, -0.1) is 11.3 Å². The molecule has 134 valence electrons. The number of benzene rings is 1. The molecule has 0 amide bonds. The largest absolute Gasteiger partial charge is 0.343 e. The third-order valence-corrected chi connectivity index (χ3v) is 5.34. The van der Waals surface area contributed by atoms with Gasteiger partial charge in [-0.1, -0.05) is 77.3 Å². The first kappa shape index (κ1) is 21.0. The Morgan fingerprint density at radius 1 is 0.920 bits per heavy atom. The second kappa shape index (κ2) is 9.43. The molecule has 0 bridgehead atoms. The Hall–Kier alpha value is -2.06. The Balaban J connectivity index is 0.000000730. The van der Waals surface area contributed by atoms with Crippen LogP contribution in [0.3, 0.4) is 0 Å². The fraction of sp³-hybridized carbons (Fsp3) is 0.304. The van der Waals surface area contributed by atoms with Crippen LogP contribution in [0.15, 0.2) is 25.3 Å². The van der Waals surface area contributed by atoms with Crippen LogP contribution in [0.4, 0.5) is 0 Å². The summed E-state index contributed by atoms with van der Waals surface area (Å²) >= 11 is 1.80. The number of fused-ring (bicyclic) bond motifs is 3. The maximum Gasteiger partial charge on any atom is 0.0670 e. The van der Waals surface area contributed by atoms with Gasteiger partial charge in [0.15, 0.2) is 0 Å². The van der Waals surface area contributed by atoms with E-state index in [-0.39, 0.29) is 0 Å². The molecule has 2 heterocycles. The van der Waals surface area contributed by atoms with E-state index >= 15 is 0 Å². The highest BCUT2D eigenvalue weighted by molar-refractivity contribution is 7.21. The lowest BCUT2D eigenvalue weighted by Crippen LogP contribution is -2.26. The van der Waals surface area contributed by atoms with E-state index in [4.69, 9.17) is 0 Å². The van der Waals surface area contributed by atoms with E-state index < -0.39 is 0 Å². The molecule has 0 spiro atoms. The van der Waals surface area contributed by atoms with E-state index in [1.807, 2.05) is 39.8 Å². The van der Waals surface area contributed by atoms with Crippen molar-refractivity contribution < 1.29 is 0 Å². The van der Waals surface area contributed by atoms with E-state index in [9.17, 15) is 0 Å². The summed E-state index contributed by atoms with van der Waals surface area (Å²) in [5, 5.41) is 5.16. The van der Waals surface area contributed by atoms with Gasteiger partial charge >= 0.3 is 0 Å². The van der Waals surface area contributed by atoms with Crippen molar-refractivity contribution in [3.8, 4) is 0 Å². The zero-order valence-electron chi connectivity index (χ0n) is 16.7. The molecule has 25 heavy (non-hydrogen) atoms. The number of thiophene rings is 1. The van der Waals surface area contributed by atoms with Crippen LogP contribution in [0.25, 0.3) is 45.3 Å². The predicted molar refractivity (Wildman–Crippen MR) is 121 cm³/mol. The zero-order valence-corrected chi connectivity index (χ0v) is 17.6. The van der Waals surface area contributed by atoms with E-state index in [1.54, 1.807) is 11.3 Å². The molecule has 0 aliphatic heterocycles. The Bertz CT molecular complexity index is 997. The van der Waals surface area contributed by atoms with E-state index in [0.29, 0.717) is 0 Å². The van der Waals surface area contributed by atoms with Crippen molar-refractivity contribution in [1.82, 2.24) is 4.57 Å². The number of aromatic nitrogens is 1. The topological polar surface area (TPSA) is 4.93 Å². The molecule has 0 aliphatic rings. The van der Waals surface area contributed by atoms with Crippen molar-refractivity contribution in [3.63, 3.8) is 0 Å². The average molecular weight is 354 g/mol. The lowest BCUT2D eigenvalue weighted by molar-refractivity contribution is 0.927. The molecule has 0 unspecified atom stereocenters. The van der Waals surface area contributed by atoms with Crippen molar-refractivity contribution in [2.75, 3.05) is 0 Å². The summed E-state index contributed by atoms with van der Waals surface area (Å²) in [5.41, 5.74) is 2.49. The van der Waals surface area contributed by atoms with Gasteiger partial charge in [0.05, 0.1) is 10.2 Å². The Labute approximate surface area is 156 Å². The number of rotatable bonds is 2. The van der Waals surface area contributed by atoms with Crippen LogP contribution in [0.1, 0.15) is 52.0 Å². The van der Waals surface area contributed by atoms with Crippen LogP contribution in [-0.2, 0) is 7.05 Å². The molecule has 0 N–H and O–H groups in total. The molecule has 1 nitrogen and oxygen atoms in total. The third-order valence-electron chi connectivity index (χ3n) is 4.11. The summed E-state index contributed by atoms with van der Waals surface area (Å²) in [7, 11) is 2.14. The van der Waals surface area contributed by atoms with E-state index in [2.05, 4.69) is 62.9 Å². The Morgan fingerprint density at radius 3 is 2.00 bits per heavy atom. The van der Waals surface area contributed by atoms with Gasteiger partial charge in [-0.3, -0.25) is 0 Å². The predicted octanol–water partition coefficient (Wildman–Crippen LogP) is 6.33. The summed E-state index contributed by atoms with van der Waals surface area (Å²) < 4.78 is 3.61. The lowest BCUT2D eigenvalue weighted by Gasteiger charge is -1.99. The number of hydrogen-bond acceptors (Lipinski definition) is 1. The first-order valence-electron chi connectivity index (χ1n) is 9.09. The molecule has 0 fully saturated rings. The van der Waals surface area contributed by atoms with Crippen LogP contribution >= 0.6 is 11.3 Å². The smallest absolute Gasteiger partial charge is 0.0670 e. The van der Waals surface area contributed by atoms with Gasteiger partial charge in [-0.2, -0.15) is 0 Å². The minimum atomic E-state index is 1.19. The highest BCUT2D eigenvalue weighted by Crippen LogP contribution is 2.36. The molecule has 3 aromatic rings. The van der Waals surface area contributed by atoms with Gasteiger partial charge in [0.1, 0.15) is 0 Å². The maximum absolute atomic E-state index is 3.96. The van der Waals surface area contributed by atoms with Crippen LogP contribution < -0.4 is 10.6 Å². The van der Waals surface area contributed by atoms with Gasteiger partial charge in [-0.05, 0) is 19.4 Å². The van der Waals surface area contributed by atoms with E-state index in [0.717, 1.165) is 0 Å². The van der Waals surface area contributed by atoms with Crippen LogP contribution in [0, 0.1) is 0 Å². The molecule has 3 rings (SSSR count). The van der Waals surface area contributed by atoms with Gasteiger partial charge < -0.3 is 4.57 Å². The highest BCUT2D eigenvalue weighted by Gasteiger charge is 2.14. The number of hydrogen-bond donors (Lipinski definition) is 0. The summed E-state index contributed by atoms with van der Waals surface area (Å²) in [5.74, 6) is 0. The molecule has 1 aromatic carbocycles. The fourth-order valence-electron chi connectivity index (χ4n) is 3.19. The summed E-state index contributed by atoms with van der Waals surface area (Å²) in [6.45, 7) is 20.1.